The molecule has 29 heavy (non-hydrogen) atoms. The molecule has 1 aliphatic rings. The summed E-state index contributed by atoms with van der Waals surface area (Å²) >= 11 is 0. The molecule has 6 nitrogen and oxygen atoms in total. The molecule has 7 heteroatoms. The van der Waals surface area contributed by atoms with E-state index < -0.39 is 0 Å². The van der Waals surface area contributed by atoms with Crippen molar-refractivity contribution >= 4 is 17.7 Å². The number of nitrogens with two attached hydrogens (primary N) is 1. The number of rotatable bonds is 7. The summed E-state index contributed by atoms with van der Waals surface area (Å²) in [4.78, 5) is 8.51. The van der Waals surface area contributed by atoms with Crippen LogP contribution >= 0.6 is 0 Å². The van der Waals surface area contributed by atoms with E-state index in [9.17, 15) is 4.39 Å². The fraction of sp³-hybridized carbons (Fsp3) is 0.182. The smallest absolute Gasteiger partial charge is 0.230 e. The Kier molecular flexibility index (Phi) is 5.39. The van der Waals surface area contributed by atoms with Crippen LogP contribution in [0.3, 0.4) is 0 Å². The molecule has 148 valence electrons. The number of ether oxygens (including phenoxy) is 2. The summed E-state index contributed by atoms with van der Waals surface area (Å²) in [6.07, 6.45) is 4.17. The van der Waals surface area contributed by atoms with Crippen molar-refractivity contribution in [2.24, 2.45) is 5.73 Å². The molecule has 0 aliphatic heterocycles. The molecule has 4 rings (SSSR count). The van der Waals surface area contributed by atoms with E-state index in [1.807, 2.05) is 43.3 Å². The van der Waals surface area contributed by atoms with Crippen molar-refractivity contribution in [1.82, 2.24) is 9.97 Å². The lowest BCUT2D eigenvalue weighted by atomic mass is 10.1. The van der Waals surface area contributed by atoms with Crippen LogP contribution in [-0.4, -0.2) is 23.1 Å². The Hall–Kier alpha value is -3.45. The number of nitrogens with one attached hydrogen (secondary N) is 1. The van der Waals surface area contributed by atoms with Crippen LogP contribution in [0.4, 0.5) is 16.0 Å². The van der Waals surface area contributed by atoms with Crippen LogP contribution in [-0.2, 0) is 6.42 Å². The summed E-state index contributed by atoms with van der Waals surface area (Å²) in [5, 5.41) is 3.09. The first-order valence-corrected chi connectivity index (χ1v) is 9.32. The largest absolute Gasteiger partial charge is 0.492 e. The van der Waals surface area contributed by atoms with Gasteiger partial charge in [0.05, 0.1) is 0 Å². The molecule has 0 amide bonds. The van der Waals surface area contributed by atoms with Gasteiger partial charge in [0.15, 0.2) is 11.6 Å². The van der Waals surface area contributed by atoms with Gasteiger partial charge >= 0.3 is 0 Å². The Bertz CT molecular complexity index is 1070. The highest BCUT2D eigenvalue weighted by Gasteiger charge is 2.18. The van der Waals surface area contributed by atoms with Gasteiger partial charge in [-0.15, -0.1) is 0 Å². The van der Waals surface area contributed by atoms with Crippen LogP contribution in [0.1, 0.15) is 18.1 Å². The molecule has 1 aromatic heterocycles. The highest BCUT2D eigenvalue weighted by Crippen LogP contribution is 2.34. The molecule has 1 heterocycles. The zero-order chi connectivity index (χ0) is 20.2. The highest BCUT2D eigenvalue weighted by atomic mass is 19.1. The van der Waals surface area contributed by atoms with Crippen molar-refractivity contribution in [2.75, 3.05) is 18.5 Å². The van der Waals surface area contributed by atoms with Crippen LogP contribution in [0.2, 0.25) is 0 Å². The van der Waals surface area contributed by atoms with Crippen LogP contribution in [0, 0.1) is 5.82 Å². The number of anilines is 2. The number of benzene rings is 2. The standard InChI is InChI=1S/C22H21FN4O2/c1-14-11-15-5-6-19(21(23)18(15)12-14)29-20-7-9-25-22(27-20)26-16-3-2-4-17(13-16)28-10-8-24/h2-7,9,12-13H,8,10-11,24H2,1H3,(H,25,26,27). The van der Waals surface area contributed by atoms with E-state index in [1.54, 1.807) is 18.3 Å². The molecule has 0 saturated carbocycles. The van der Waals surface area contributed by atoms with Gasteiger partial charge in [-0.2, -0.15) is 4.98 Å². The molecule has 0 saturated heterocycles. The number of nitrogens with zero attached hydrogens (tertiary/aromatic N) is 2. The lowest BCUT2D eigenvalue weighted by Crippen LogP contribution is -2.10. The van der Waals surface area contributed by atoms with Crippen molar-refractivity contribution in [1.29, 1.82) is 0 Å². The lowest BCUT2D eigenvalue weighted by molar-refractivity contribution is 0.328. The first-order valence-electron chi connectivity index (χ1n) is 9.32. The minimum absolute atomic E-state index is 0.136. The fourth-order valence-corrected chi connectivity index (χ4v) is 3.14. The molecular formula is C22H21FN4O2. The predicted octanol–water partition coefficient (Wildman–Crippen LogP) is 4.45. The van der Waals surface area contributed by atoms with Gasteiger partial charge in [-0.05, 0) is 37.1 Å². The Morgan fingerprint density at radius 3 is 2.97 bits per heavy atom. The summed E-state index contributed by atoms with van der Waals surface area (Å²) in [5.41, 5.74) is 8.89. The van der Waals surface area contributed by atoms with Crippen molar-refractivity contribution in [3.63, 3.8) is 0 Å². The van der Waals surface area contributed by atoms with Crippen LogP contribution < -0.4 is 20.5 Å². The Morgan fingerprint density at radius 2 is 2.10 bits per heavy atom. The first kappa shape index (κ1) is 18.9. The monoisotopic (exact) mass is 392 g/mol. The third-order valence-electron chi connectivity index (χ3n) is 4.42. The highest BCUT2D eigenvalue weighted by molar-refractivity contribution is 5.65. The van der Waals surface area contributed by atoms with Gasteiger partial charge in [0.2, 0.25) is 11.8 Å². The van der Waals surface area contributed by atoms with Gasteiger partial charge in [0.1, 0.15) is 12.4 Å². The van der Waals surface area contributed by atoms with Gasteiger partial charge in [-0.1, -0.05) is 23.8 Å². The molecule has 0 unspecified atom stereocenters. The Labute approximate surface area is 168 Å². The van der Waals surface area contributed by atoms with E-state index in [2.05, 4.69) is 15.3 Å². The summed E-state index contributed by atoms with van der Waals surface area (Å²) in [5.74, 6) is 1.02. The maximum atomic E-state index is 14.8. The van der Waals surface area contributed by atoms with Crippen LogP contribution in [0.25, 0.3) is 6.08 Å². The van der Waals surface area contributed by atoms with Gasteiger partial charge in [-0.25, -0.2) is 9.37 Å². The van der Waals surface area contributed by atoms with Gasteiger partial charge in [0.25, 0.3) is 0 Å². The summed E-state index contributed by atoms with van der Waals surface area (Å²) in [6, 6.07) is 12.5. The second-order valence-electron chi connectivity index (χ2n) is 6.73. The molecule has 3 aromatic rings. The average Bonchev–Trinajstić information content (AvgIpc) is 3.10. The minimum Gasteiger partial charge on any atom is -0.492 e. The van der Waals surface area contributed by atoms with E-state index in [0.29, 0.717) is 30.4 Å². The number of aromatic nitrogens is 2. The minimum atomic E-state index is -0.378. The third kappa shape index (κ3) is 4.35. The number of halogens is 1. The zero-order valence-corrected chi connectivity index (χ0v) is 16.0. The van der Waals surface area contributed by atoms with E-state index in [0.717, 1.165) is 23.2 Å². The van der Waals surface area contributed by atoms with Gasteiger partial charge in [-0.3, -0.25) is 0 Å². The third-order valence-corrected chi connectivity index (χ3v) is 4.42. The maximum absolute atomic E-state index is 14.8. The molecule has 0 radical (unpaired) electrons. The van der Waals surface area contributed by atoms with E-state index in [4.69, 9.17) is 15.2 Å². The average molecular weight is 392 g/mol. The topological polar surface area (TPSA) is 82.3 Å². The predicted molar refractivity (Wildman–Crippen MR) is 110 cm³/mol. The second kappa shape index (κ2) is 8.28. The van der Waals surface area contributed by atoms with Crippen molar-refractivity contribution in [2.45, 2.75) is 13.3 Å². The second-order valence-corrected chi connectivity index (χ2v) is 6.73. The number of fused-ring (bicyclic) bond motifs is 1. The quantitative estimate of drug-likeness (QED) is 0.618. The van der Waals surface area contributed by atoms with E-state index >= 15 is 0 Å². The molecule has 1 aliphatic carbocycles. The van der Waals surface area contributed by atoms with Gasteiger partial charge in [0, 0.05) is 36.1 Å². The number of hydrogen-bond donors (Lipinski definition) is 2. The molecular weight excluding hydrogens is 371 g/mol. The molecule has 0 fully saturated rings. The number of allylic oxidation sites excluding steroid dienone is 1. The van der Waals surface area contributed by atoms with E-state index in [1.165, 1.54) is 0 Å². The molecule has 2 aromatic carbocycles. The van der Waals surface area contributed by atoms with Crippen molar-refractivity contribution in [3.05, 3.63) is 71.2 Å². The van der Waals surface area contributed by atoms with Crippen LogP contribution in [0.15, 0.2) is 54.2 Å². The molecule has 0 spiro atoms. The molecule has 0 bridgehead atoms. The summed E-state index contributed by atoms with van der Waals surface area (Å²) in [6.45, 7) is 2.86. The maximum Gasteiger partial charge on any atom is 0.230 e. The molecule has 3 N–H and O–H groups in total. The van der Waals surface area contributed by atoms with Crippen LogP contribution in [0.5, 0.6) is 17.4 Å². The van der Waals surface area contributed by atoms with Crippen molar-refractivity contribution < 1.29 is 13.9 Å². The zero-order valence-electron chi connectivity index (χ0n) is 16.0. The normalized spacial score (nSPS) is 12.3. The first-order chi connectivity index (χ1) is 14.1. The van der Waals surface area contributed by atoms with Gasteiger partial charge < -0.3 is 20.5 Å². The summed E-state index contributed by atoms with van der Waals surface area (Å²) < 4.78 is 26.0. The number of hydrogen-bond acceptors (Lipinski definition) is 6. The Morgan fingerprint density at radius 1 is 1.21 bits per heavy atom. The lowest BCUT2D eigenvalue weighted by Gasteiger charge is -2.11. The van der Waals surface area contributed by atoms with Crippen molar-refractivity contribution in [3.8, 4) is 17.4 Å². The summed E-state index contributed by atoms with van der Waals surface area (Å²) in [7, 11) is 0. The van der Waals surface area contributed by atoms with E-state index in [-0.39, 0.29) is 17.4 Å². The fourth-order valence-electron chi connectivity index (χ4n) is 3.14. The SMILES string of the molecule is CC1=Cc2c(ccc(Oc3ccnc(Nc4cccc(OCCN)c4)n3)c2F)C1. The Balaban J connectivity index is 1.51. The molecule has 0 atom stereocenters.